The summed E-state index contributed by atoms with van der Waals surface area (Å²) in [6.07, 6.45) is 2.35. The average Bonchev–Trinajstić information content (AvgIpc) is 2.44. The van der Waals surface area contributed by atoms with Crippen LogP contribution in [0.15, 0.2) is 30.9 Å². The number of unbranched alkanes of at least 4 members (excludes halogenated alkanes) is 1. The number of ether oxygens (including phenoxy) is 1. The van der Waals surface area contributed by atoms with Gasteiger partial charge in [-0.3, -0.25) is 4.89 Å². The molecule has 0 radical (unpaired) electrons. The molecule has 0 atom stereocenters. The van der Waals surface area contributed by atoms with E-state index in [2.05, 4.69) is 6.58 Å². The second kappa shape index (κ2) is 8.92. The molecule has 5 heteroatoms. The molecular weight excluding hydrogens is 272 g/mol. The molecule has 0 heterocycles. The van der Waals surface area contributed by atoms with Crippen molar-refractivity contribution in [1.29, 1.82) is 0 Å². The molecule has 0 aliphatic heterocycles. The van der Waals surface area contributed by atoms with Crippen LogP contribution in [0.5, 0.6) is 0 Å². The van der Waals surface area contributed by atoms with Crippen LogP contribution in [0, 0.1) is 13.8 Å². The quantitative estimate of drug-likeness (QED) is 0.242. The van der Waals surface area contributed by atoms with Gasteiger partial charge < -0.3 is 4.74 Å². The van der Waals surface area contributed by atoms with Gasteiger partial charge >= 0.3 is 11.9 Å². The summed E-state index contributed by atoms with van der Waals surface area (Å²) in [4.78, 5) is 32.1. The normalized spacial score (nSPS) is 10.0. The van der Waals surface area contributed by atoms with Crippen molar-refractivity contribution >= 4 is 11.9 Å². The summed E-state index contributed by atoms with van der Waals surface area (Å²) in [5, 5.41) is 0. The van der Waals surface area contributed by atoms with Gasteiger partial charge in [0.15, 0.2) is 0 Å². The van der Waals surface area contributed by atoms with Crippen LogP contribution in [0.1, 0.15) is 34.3 Å². The highest BCUT2D eigenvalue weighted by Crippen LogP contribution is 2.10. The number of rotatable bonds is 8. The molecule has 1 aromatic rings. The maximum atomic E-state index is 11.7. The van der Waals surface area contributed by atoms with Gasteiger partial charge in [0.1, 0.15) is 0 Å². The third-order valence-electron chi connectivity index (χ3n) is 2.62. The summed E-state index contributed by atoms with van der Waals surface area (Å²) in [7, 11) is 0. The maximum absolute atomic E-state index is 11.7. The summed E-state index contributed by atoms with van der Waals surface area (Å²) in [5.74, 6) is -0.961. The van der Waals surface area contributed by atoms with E-state index in [1.54, 1.807) is 12.1 Å². The molecule has 5 nitrogen and oxygen atoms in total. The molecule has 21 heavy (non-hydrogen) atoms. The molecule has 0 bridgehead atoms. The topological polar surface area (TPSA) is 61.8 Å². The summed E-state index contributed by atoms with van der Waals surface area (Å²) >= 11 is 0. The van der Waals surface area contributed by atoms with Crippen LogP contribution < -0.4 is 0 Å². The van der Waals surface area contributed by atoms with E-state index in [1.807, 2.05) is 19.9 Å². The van der Waals surface area contributed by atoms with Crippen molar-refractivity contribution in [3.05, 3.63) is 47.5 Å². The number of hydrogen-bond donors (Lipinski definition) is 0. The maximum Gasteiger partial charge on any atom is 0.373 e. The third kappa shape index (κ3) is 6.72. The first-order chi connectivity index (χ1) is 10.0. The van der Waals surface area contributed by atoms with Crippen LogP contribution >= 0.6 is 0 Å². The Morgan fingerprint density at radius 2 is 1.71 bits per heavy atom. The summed E-state index contributed by atoms with van der Waals surface area (Å²) in [5.41, 5.74) is 2.45. The Balaban J connectivity index is 2.19. The SMILES string of the molecule is C=CC(=O)OCCCCOOC(=O)c1cc(C)cc(C)c1. The van der Waals surface area contributed by atoms with Crippen LogP contribution in [-0.4, -0.2) is 25.2 Å². The first-order valence-electron chi connectivity index (χ1n) is 6.74. The minimum absolute atomic E-state index is 0.252. The fraction of sp³-hybridized carbons (Fsp3) is 0.375. The zero-order valence-corrected chi connectivity index (χ0v) is 12.4. The van der Waals surface area contributed by atoms with Gasteiger partial charge in [-0.25, -0.2) is 9.59 Å². The molecule has 0 N–H and O–H groups in total. The van der Waals surface area contributed by atoms with Gasteiger partial charge in [0, 0.05) is 6.08 Å². The van der Waals surface area contributed by atoms with E-state index in [0.717, 1.165) is 17.2 Å². The van der Waals surface area contributed by atoms with Crippen molar-refractivity contribution in [2.45, 2.75) is 26.7 Å². The number of hydrogen-bond acceptors (Lipinski definition) is 5. The van der Waals surface area contributed by atoms with Gasteiger partial charge in [-0.1, -0.05) is 23.8 Å². The van der Waals surface area contributed by atoms with Gasteiger partial charge in [-0.2, -0.15) is 4.89 Å². The number of carbonyl (C=O) groups is 2. The van der Waals surface area contributed by atoms with E-state index in [0.29, 0.717) is 25.0 Å². The summed E-state index contributed by atoms with van der Waals surface area (Å²) in [6.45, 7) is 7.66. The molecule has 0 spiro atoms. The van der Waals surface area contributed by atoms with E-state index < -0.39 is 11.9 Å². The Bertz CT molecular complexity index is 487. The predicted octanol–water partition coefficient (Wildman–Crippen LogP) is 2.90. The molecule has 0 saturated heterocycles. The van der Waals surface area contributed by atoms with Crippen molar-refractivity contribution in [2.75, 3.05) is 13.2 Å². The fourth-order valence-electron chi connectivity index (χ4n) is 1.73. The minimum atomic E-state index is -0.514. The van der Waals surface area contributed by atoms with E-state index in [-0.39, 0.29) is 6.61 Å². The molecule has 0 saturated carbocycles. The number of benzene rings is 1. The van der Waals surface area contributed by atoms with Crippen molar-refractivity contribution in [3.8, 4) is 0 Å². The predicted molar refractivity (Wildman–Crippen MR) is 77.7 cm³/mol. The smallest absolute Gasteiger partial charge is 0.373 e. The fourth-order valence-corrected chi connectivity index (χ4v) is 1.73. The first-order valence-corrected chi connectivity index (χ1v) is 6.74. The largest absolute Gasteiger partial charge is 0.463 e. The second-order valence-electron chi connectivity index (χ2n) is 4.65. The Morgan fingerprint density at radius 3 is 2.33 bits per heavy atom. The number of esters is 1. The minimum Gasteiger partial charge on any atom is -0.463 e. The molecule has 0 aliphatic rings. The Hall–Kier alpha value is -2.14. The van der Waals surface area contributed by atoms with Crippen molar-refractivity contribution in [3.63, 3.8) is 0 Å². The standard InChI is InChI=1S/C16H20O5/c1-4-15(17)19-7-5-6-8-20-21-16(18)14-10-12(2)9-13(3)11-14/h4,9-11H,1,5-8H2,2-3H3. The first kappa shape index (κ1) is 16.9. The molecule has 114 valence electrons. The number of aryl methyl sites for hydroxylation is 2. The van der Waals surface area contributed by atoms with Crippen LogP contribution in [-0.2, 0) is 19.3 Å². The zero-order chi connectivity index (χ0) is 15.7. The molecule has 0 aromatic heterocycles. The Kier molecular flexibility index (Phi) is 7.18. The molecule has 0 aliphatic carbocycles. The van der Waals surface area contributed by atoms with Gasteiger partial charge in [0.25, 0.3) is 0 Å². The summed E-state index contributed by atoms with van der Waals surface area (Å²) in [6, 6.07) is 5.46. The van der Waals surface area contributed by atoms with Gasteiger partial charge in [-0.15, -0.1) is 0 Å². The van der Waals surface area contributed by atoms with Crippen molar-refractivity contribution < 1.29 is 24.1 Å². The lowest BCUT2D eigenvalue weighted by atomic mass is 10.1. The van der Waals surface area contributed by atoms with E-state index in [9.17, 15) is 9.59 Å². The van der Waals surface area contributed by atoms with Crippen LogP contribution in [0.2, 0.25) is 0 Å². The molecule has 0 fully saturated rings. The molecular formula is C16H20O5. The highest BCUT2D eigenvalue weighted by atomic mass is 17.2. The highest BCUT2D eigenvalue weighted by molar-refractivity contribution is 5.89. The van der Waals surface area contributed by atoms with Gasteiger partial charge in [0.2, 0.25) is 0 Å². The van der Waals surface area contributed by atoms with Gasteiger partial charge in [-0.05, 0) is 38.8 Å². The monoisotopic (exact) mass is 292 g/mol. The Labute approximate surface area is 124 Å². The third-order valence-corrected chi connectivity index (χ3v) is 2.62. The summed E-state index contributed by atoms with van der Waals surface area (Å²) < 4.78 is 4.79. The lowest BCUT2D eigenvalue weighted by Gasteiger charge is -2.06. The number of carbonyl (C=O) groups excluding carboxylic acids is 2. The van der Waals surface area contributed by atoms with E-state index in [4.69, 9.17) is 14.5 Å². The molecule has 1 aromatic carbocycles. The zero-order valence-electron chi connectivity index (χ0n) is 12.4. The lowest BCUT2D eigenvalue weighted by Crippen LogP contribution is -2.08. The second-order valence-corrected chi connectivity index (χ2v) is 4.65. The molecule has 0 amide bonds. The highest BCUT2D eigenvalue weighted by Gasteiger charge is 2.09. The van der Waals surface area contributed by atoms with Crippen LogP contribution in [0.25, 0.3) is 0 Å². The molecule has 1 rings (SSSR count). The molecule has 0 unspecified atom stereocenters. The van der Waals surface area contributed by atoms with Crippen LogP contribution in [0.4, 0.5) is 0 Å². The van der Waals surface area contributed by atoms with E-state index >= 15 is 0 Å². The lowest BCUT2D eigenvalue weighted by molar-refractivity contribution is -0.241. The average molecular weight is 292 g/mol. The van der Waals surface area contributed by atoms with Crippen molar-refractivity contribution in [2.24, 2.45) is 0 Å². The van der Waals surface area contributed by atoms with E-state index in [1.165, 1.54) is 0 Å². The van der Waals surface area contributed by atoms with Gasteiger partial charge in [0.05, 0.1) is 18.8 Å². The Morgan fingerprint density at radius 1 is 1.10 bits per heavy atom. The van der Waals surface area contributed by atoms with Crippen LogP contribution in [0.3, 0.4) is 0 Å². The van der Waals surface area contributed by atoms with Crippen molar-refractivity contribution in [1.82, 2.24) is 0 Å².